The van der Waals surface area contributed by atoms with E-state index in [2.05, 4.69) is 12.2 Å². The van der Waals surface area contributed by atoms with Crippen molar-refractivity contribution in [3.8, 4) is 5.75 Å². The van der Waals surface area contributed by atoms with Crippen LogP contribution >= 0.6 is 0 Å². The van der Waals surface area contributed by atoms with Crippen molar-refractivity contribution in [1.82, 2.24) is 10.2 Å². The van der Waals surface area contributed by atoms with E-state index in [9.17, 15) is 14.0 Å². The van der Waals surface area contributed by atoms with Gasteiger partial charge in [-0.1, -0.05) is 80.9 Å². The molecule has 3 aromatic carbocycles. The number of amides is 2. The van der Waals surface area contributed by atoms with E-state index in [1.807, 2.05) is 61.5 Å². The first-order chi connectivity index (χ1) is 17.5. The zero-order chi connectivity index (χ0) is 25.8. The molecule has 0 aromatic heterocycles. The molecule has 2 amide bonds. The molecular formula is C30H35FN2O3. The Bertz CT molecular complexity index is 1100. The number of nitrogens with one attached hydrogen (secondary N) is 1. The first-order valence-electron chi connectivity index (χ1n) is 12.6. The number of nitrogens with zero attached hydrogens (tertiary/aromatic N) is 1. The second-order valence-electron chi connectivity index (χ2n) is 8.75. The van der Waals surface area contributed by atoms with E-state index in [4.69, 9.17) is 4.74 Å². The molecule has 1 atom stereocenters. The summed E-state index contributed by atoms with van der Waals surface area (Å²) in [5, 5.41) is 2.96. The van der Waals surface area contributed by atoms with Crippen LogP contribution in [0.1, 0.15) is 43.4 Å². The number of hydrogen-bond acceptors (Lipinski definition) is 3. The van der Waals surface area contributed by atoms with Crippen LogP contribution < -0.4 is 10.1 Å². The van der Waals surface area contributed by atoms with Gasteiger partial charge in [-0.2, -0.15) is 0 Å². The topological polar surface area (TPSA) is 58.6 Å². The summed E-state index contributed by atoms with van der Waals surface area (Å²) in [4.78, 5) is 28.3. The number of ether oxygens (including phenoxy) is 1. The maximum absolute atomic E-state index is 14.6. The van der Waals surface area contributed by atoms with Crippen LogP contribution in [0.3, 0.4) is 0 Å². The van der Waals surface area contributed by atoms with Crippen molar-refractivity contribution >= 4 is 11.8 Å². The maximum Gasteiger partial charge on any atom is 0.261 e. The predicted octanol–water partition coefficient (Wildman–Crippen LogP) is 5.32. The monoisotopic (exact) mass is 490 g/mol. The van der Waals surface area contributed by atoms with Crippen LogP contribution in [-0.4, -0.2) is 35.9 Å². The Hall–Kier alpha value is -3.67. The summed E-state index contributed by atoms with van der Waals surface area (Å²) in [6.07, 6.45) is 2.99. The van der Waals surface area contributed by atoms with Gasteiger partial charge in [0, 0.05) is 25.1 Å². The van der Waals surface area contributed by atoms with E-state index < -0.39 is 11.9 Å². The number of rotatable bonds is 13. The number of carbonyl (C=O) groups excluding carboxylic acids is 2. The van der Waals surface area contributed by atoms with E-state index in [1.54, 1.807) is 18.2 Å². The largest absolute Gasteiger partial charge is 0.484 e. The molecule has 0 unspecified atom stereocenters. The molecule has 3 rings (SSSR count). The fourth-order valence-corrected chi connectivity index (χ4v) is 3.92. The van der Waals surface area contributed by atoms with Crippen molar-refractivity contribution in [2.45, 2.75) is 52.1 Å². The third kappa shape index (κ3) is 7.94. The van der Waals surface area contributed by atoms with Gasteiger partial charge >= 0.3 is 0 Å². The van der Waals surface area contributed by atoms with Gasteiger partial charge in [0.25, 0.3) is 5.91 Å². The van der Waals surface area contributed by atoms with Crippen molar-refractivity contribution < 1.29 is 18.7 Å². The molecule has 0 spiro atoms. The lowest BCUT2D eigenvalue weighted by Crippen LogP contribution is -2.52. The molecule has 0 aliphatic rings. The summed E-state index contributed by atoms with van der Waals surface area (Å²) in [6, 6.07) is 22.6. The molecule has 0 aliphatic carbocycles. The van der Waals surface area contributed by atoms with Gasteiger partial charge in [0.2, 0.25) is 5.91 Å². The van der Waals surface area contributed by atoms with E-state index in [1.165, 1.54) is 16.5 Å². The number of halogens is 1. The Morgan fingerprint density at radius 3 is 2.28 bits per heavy atom. The van der Waals surface area contributed by atoms with Crippen LogP contribution in [0.25, 0.3) is 0 Å². The summed E-state index contributed by atoms with van der Waals surface area (Å²) < 4.78 is 20.4. The lowest BCUT2D eigenvalue weighted by molar-refractivity contribution is -0.142. The van der Waals surface area contributed by atoms with Crippen molar-refractivity contribution in [2.24, 2.45) is 0 Å². The van der Waals surface area contributed by atoms with Gasteiger partial charge in [0.15, 0.2) is 6.61 Å². The van der Waals surface area contributed by atoms with Crippen LogP contribution in [0.5, 0.6) is 5.75 Å². The Balaban J connectivity index is 1.87. The highest BCUT2D eigenvalue weighted by Crippen LogP contribution is 2.18. The Morgan fingerprint density at radius 2 is 1.61 bits per heavy atom. The van der Waals surface area contributed by atoms with E-state index >= 15 is 0 Å². The normalized spacial score (nSPS) is 11.5. The third-order valence-electron chi connectivity index (χ3n) is 6.09. The molecule has 0 aliphatic heterocycles. The zero-order valence-corrected chi connectivity index (χ0v) is 21.1. The number of hydrogen-bond donors (Lipinski definition) is 1. The van der Waals surface area contributed by atoms with Crippen molar-refractivity contribution in [2.75, 3.05) is 13.2 Å². The number of carbonyl (C=O) groups is 2. The average molecular weight is 491 g/mol. The Kier molecular flexibility index (Phi) is 10.5. The SMILES string of the molecule is CCCCNC(=O)[C@@H](Cc1ccccc1)N(Cc1ccccc1F)C(=O)COc1ccc(CC)cc1. The lowest BCUT2D eigenvalue weighted by Gasteiger charge is -2.31. The van der Waals surface area contributed by atoms with Gasteiger partial charge in [-0.05, 0) is 42.2 Å². The Labute approximate surface area is 213 Å². The molecule has 0 saturated heterocycles. The quantitative estimate of drug-likeness (QED) is 0.330. The minimum atomic E-state index is -0.817. The third-order valence-corrected chi connectivity index (χ3v) is 6.09. The highest BCUT2D eigenvalue weighted by atomic mass is 19.1. The summed E-state index contributed by atoms with van der Waals surface area (Å²) >= 11 is 0. The van der Waals surface area contributed by atoms with Crippen LogP contribution in [0, 0.1) is 5.82 Å². The number of unbranched alkanes of at least 4 members (excludes halogenated alkanes) is 1. The summed E-state index contributed by atoms with van der Waals surface area (Å²) in [6.45, 7) is 4.34. The molecule has 3 aromatic rings. The first-order valence-corrected chi connectivity index (χ1v) is 12.6. The summed E-state index contributed by atoms with van der Waals surface area (Å²) in [7, 11) is 0. The number of benzene rings is 3. The molecule has 0 fully saturated rings. The second-order valence-corrected chi connectivity index (χ2v) is 8.75. The van der Waals surface area contributed by atoms with Gasteiger partial charge < -0.3 is 15.0 Å². The molecule has 190 valence electrons. The lowest BCUT2D eigenvalue weighted by atomic mass is 10.0. The predicted molar refractivity (Wildman–Crippen MR) is 140 cm³/mol. The fourth-order valence-electron chi connectivity index (χ4n) is 3.92. The smallest absolute Gasteiger partial charge is 0.261 e. The van der Waals surface area contributed by atoms with Crippen LogP contribution in [0.15, 0.2) is 78.9 Å². The van der Waals surface area contributed by atoms with Crippen molar-refractivity contribution in [3.63, 3.8) is 0 Å². The average Bonchev–Trinajstić information content (AvgIpc) is 2.91. The van der Waals surface area contributed by atoms with Gasteiger partial charge in [0.05, 0.1) is 0 Å². The summed E-state index contributed by atoms with van der Waals surface area (Å²) in [5.74, 6) is -0.497. The van der Waals surface area contributed by atoms with Gasteiger partial charge in [-0.3, -0.25) is 9.59 Å². The number of aryl methyl sites for hydroxylation is 1. The second kappa shape index (κ2) is 14.0. The zero-order valence-electron chi connectivity index (χ0n) is 21.1. The van der Waals surface area contributed by atoms with Crippen molar-refractivity contribution in [3.05, 3.63) is 101 Å². The minimum Gasteiger partial charge on any atom is -0.484 e. The molecule has 0 radical (unpaired) electrons. The van der Waals surface area contributed by atoms with E-state index in [-0.39, 0.29) is 25.0 Å². The molecule has 0 saturated carbocycles. The first kappa shape index (κ1) is 26.9. The molecule has 1 N–H and O–H groups in total. The van der Waals surface area contributed by atoms with E-state index in [0.29, 0.717) is 24.3 Å². The molecular weight excluding hydrogens is 455 g/mol. The van der Waals surface area contributed by atoms with Gasteiger partial charge in [-0.25, -0.2) is 4.39 Å². The van der Waals surface area contributed by atoms with Gasteiger partial charge in [0.1, 0.15) is 17.6 Å². The van der Waals surface area contributed by atoms with E-state index in [0.717, 1.165) is 24.8 Å². The highest BCUT2D eigenvalue weighted by Gasteiger charge is 2.31. The minimum absolute atomic E-state index is 0.0393. The van der Waals surface area contributed by atoms with Gasteiger partial charge in [-0.15, -0.1) is 0 Å². The van der Waals surface area contributed by atoms with Crippen LogP contribution in [-0.2, 0) is 29.0 Å². The highest BCUT2D eigenvalue weighted by molar-refractivity contribution is 5.88. The molecule has 6 heteroatoms. The summed E-state index contributed by atoms with van der Waals surface area (Å²) in [5.41, 5.74) is 2.43. The fraction of sp³-hybridized carbons (Fsp3) is 0.333. The van der Waals surface area contributed by atoms with Crippen LogP contribution in [0.4, 0.5) is 4.39 Å². The van der Waals surface area contributed by atoms with Crippen LogP contribution in [0.2, 0.25) is 0 Å². The molecule has 5 nitrogen and oxygen atoms in total. The maximum atomic E-state index is 14.6. The van der Waals surface area contributed by atoms with Crippen molar-refractivity contribution in [1.29, 1.82) is 0 Å². The standard InChI is InChI=1S/C30H35FN2O3/c1-3-5-19-32-30(35)28(20-24-11-7-6-8-12-24)33(21-25-13-9-10-14-27(25)31)29(34)22-36-26-17-15-23(4-2)16-18-26/h6-18,28H,3-5,19-22H2,1-2H3,(H,32,35)/t28-/m1/s1. The Morgan fingerprint density at radius 1 is 0.917 bits per heavy atom. The molecule has 0 heterocycles. The molecule has 0 bridgehead atoms. The molecule has 36 heavy (non-hydrogen) atoms.